The second kappa shape index (κ2) is 4.89. The maximum Gasteiger partial charge on any atom is 0.407 e. The van der Waals surface area contributed by atoms with Gasteiger partial charge in [-0.1, -0.05) is 34.6 Å². The van der Waals surface area contributed by atoms with Gasteiger partial charge >= 0.3 is 12.1 Å². The molecule has 0 saturated heterocycles. The summed E-state index contributed by atoms with van der Waals surface area (Å²) >= 11 is 0. The molecule has 1 amide bonds. The van der Waals surface area contributed by atoms with Crippen molar-refractivity contribution in [3.8, 4) is 0 Å². The number of carboxylic acids is 1. The molecule has 0 heterocycles. The SMILES string of the molecule is CC(C)(C)OC(=O)NC(C(C)(C)C)C1(C(=O)O)CC1(C)C. The lowest BCUT2D eigenvalue weighted by Crippen LogP contribution is -2.54. The van der Waals surface area contributed by atoms with E-state index in [2.05, 4.69) is 5.32 Å². The molecule has 5 heteroatoms. The van der Waals surface area contributed by atoms with Crippen molar-refractivity contribution < 1.29 is 19.4 Å². The highest BCUT2D eigenvalue weighted by Gasteiger charge is 2.72. The Hall–Kier alpha value is -1.26. The molecule has 1 rings (SSSR count). The Kier molecular flexibility index (Phi) is 4.14. The van der Waals surface area contributed by atoms with Gasteiger partial charge in [-0.15, -0.1) is 0 Å². The Bertz CT molecular complexity index is 442. The number of rotatable bonds is 3. The average Bonchev–Trinajstić information content (AvgIpc) is 2.75. The van der Waals surface area contributed by atoms with E-state index in [1.807, 2.05) is 34.6 Å². The molecule has 21 heavy (non-hydrogen) atoms. The van der Waals surface area contributed by atoms with E-state index in [1.165, 1.54) is 0 Å². The van der Waals surface area contributed by atoms with Crippen molar-refractivity contribution in [2.45, 2.75) is 73.5 Å². The summed E-state index contributed by atoms with van der Waals surface area (Å²) in [5, 5.41) is 12.5. The molecule has 0 aromatic heterocycles. The second-order valence-electron chi connectivity index (χ2n) is 8.78. The first-order valence-corrected chi connectivity index (χ1v) is 7.36. The predicted molar refractivity (Wildman–Crippen MR) is 81.1 cm³/mol. The fraction of sp³-hybridized carbons (Fsp3) is 0.875. The van der Waals surface area contributed by atoms with E-state index in [4.69, 9.17) is 4.74 Å². The summed E-state index contributed by atoms with van der Waals surface area (Å²) in [4.78, 5) is 24.0. The molecular weight excluding hydrogens is 270 g/mol. The molecule has 0 aliphatic heterocycles. The summed E-state index contributed by atoms with van der Waals surface area (Å²) in [6.07, 6.45) is -0.0154. The molecule has 2 atom stereocenters. The zero-order chi connectivity index (χ0) is 16.9. The Morgan fingerprint density at radius 2 is 1.57 bits per heavy atom. The van der Waals surface area contributed by atoms with Gasteiger partial charge in [0.2, 0.25) is 0 Å². The van der Waals surface area contributed by atoms with Gasteiger partial charge in [0, 0.05) is 0 Å². The van der Waals surface area contributed by atoms with E-state index < -0.39 is 29.1 Å². The molecule has 0 radical (unpaired) electrons. The van der Waals surface area contributed by atoms with Crippen molar-refractivity contribution in [3.05, 3.63) is 0 Å². The normalized spacial score (nSPS) is 25.9. The van der Waals surface area contributed by atoms with Crippen LogP contribution in [0.15, 0.2) is 0 Å². The lowest BCUT2D eigenvalue weighted by Gasteiger charge is -2.38. The highest BCUT2D eigenvalue weighted by molar-refractivity contribution is 5.82. The Labute approximate surface area is 127 Å². The van der Waals surface area contributed by atoms with E-state index in [-0.39, 0.29) is 10.8 Å². The van der Waals surface area contributed by atoms with E-state index in [9.17, 15) is 14.7 Å². The van der Waals surface area contributed by atoms with Gasteiger partial charge in [0.05, 0.1) is 11.5 Å². The Morgan fingerprint density at radius 1 is 1.14 bits per heavy atom. The number of carbonyl (C=O) groups is 2. The minimum atomic E-state index is -0.942. The van der Waals surface area contributed by atoms with E-state index >= 15 is 0 Å². The van der Waals surface area contributed by atoms with E-state index in [0.29, 0.717) is 6.42 Å². The molecule has 2 unspecified atom stereocenters. The van der Waals surface area contributed by atoms with Crippen LogP contribution in [0.1, 0.15) is 61.8 Å². The molecular formula is C16H29NO4. The lowest BCUT2D eigenvalue weighted by molar-refractivity contribution is -0.147. The topological polar surface area (TPSA) is 75.6 Å². The standard InChI is InChI=1S/C16H29NO4/c1-13(2,3)10(17-12(20)21-14(4,5)6)16(11(18)19)9-15(16,7)8/h10H,9H2,1-8H3,(H,17,20)(H,18,19). The number of alkyl carbamates (subject to hydrolysis) is 1. The van der Waals surface area contributed by atoms with Crippen molar-refractivity contribution in [3.63, 3.8) is 0 Å². The maximum absolute atomic E-state index is 12.1. The first kappa shape index (κ1) is 17.8. The van der Waals surface area contributed by atoms with Crippen molar-refractivity contribution in [1.29, 1.82) is 0 Å². The number of nitrogens with one attached hydrogen (secondary N) is 1. The molecule has 2 N–H and O–H groups in total. The van der Waals surface area contributed by atoms with Crippen LogP contribution in [0.25, 0.3) is 0 Å². The fourth-order valence-corrected chi connectivity index (χ4v) is 3.14. The van der Waals surface area contributed by atoms with Gasteiger partial charge < -0.3 is 15.2 Å². The number of amides is 1. The van der Waals surface area contributed by atoms with Crippen LogP contribution in [-0.4, -0.2) is 28.8 Å². The zero-order valence-electron chi connectivity index (χ0n) is 14.5. The number of carboxylic acid groups (broad SMARTS) is 1. The average molecular weight is 299 g/mol. The predicted octanol–water partition coefficient (Wildman–Crippen LogP) is 3.43. The molecule has 5 nitrogen and oxygen atoms in total. The maximum atomic E-state index is 12.1. The number of hydrogen-bond acceptors (Lipinski definition) is 3. The van der Waals surface area contributed by atoms with Crippen LogP contribution >= 0.6 is 0 Å². The molecule has 0 spiro atoms. The first-order valence-electron chi connectivity index (χ1n) is 7.36. The number of aliphatic carboxylic acids is 1. The van der Waals surface area contributed by atoms with Gasteiger partial charge in [-0.2, -0.15) is 0 Å². The van der Waals surface area contributed by atoms with Crippen LogP contribution in [0.4, 0.5) is 4.79 Å². The molecule has 1 saturated carbocycles. The van der Waals surface area contributed by atoms with Gasteiger partial charge in [-0.05, 0) is 38.0 Å². The summed E-state index contributed by atoms with van der Waals surface area (Å²) in [5.74, 6) is -0.858. The molecule has 0 aromatic carbocycles. The summed E-state index contributed by atoms with van der Waals surface area (Å²) in [6.45, 7) is 15.0. The van der Waals surface area contributed by atoms with Crippen molar-refractivity contribution in [1.82, 2.24) is 5.32 Å². The summed E-state index contributed by atoms with van der Waals surface area (Å²) in [6, 6.07) is -0.493. The van der Waals surface area contributed by atoms with Gasteiger partial charge in [0.1, 0.15) is 5.60 Å². The van der Waals surface area contributed by atoms with Gasteiger partial charge in [-0.25, -0.2) is 4.79 Å². The van der Waals surface area contributed by atoms with Crippen LogP contribution in [0.3, 0.4) is 0 Å². The quantitative estimate of drug-likeness (QED) is 0.837. The van der Waals surface area contributed by atoms with Crippen molar-refractivity contribution in [2.24, 2.45) is 16.2 Å². The van der Waals surface area contributed by atoms with Gasteiger partial charge in [-0.3, -0.25) is 4.79 Å². The lowest BCUT2D eigenvalue weighted by atomic mass is 9.73. The second-order valence-corrected chi connectivity index (χ2v) is 8.78. The third-order valence-corrected chi connectivity index (χ3v) is 4.20. The smallest absolute Gasteiger partial charge is 0.407 e. The monoisotopic (exact) mass is 299 g/mol. The highest BCUT2D eigenvalue weighted by atomic mass is 16.6. The third-order valence-electron chi connectivity index (χ3n) is 4.20. The summed E-state index contributed by atoms with van der Waals surface area (Å²) in [5.41, 5.74) is -2.28. The number of carbonyl (C=O) groups excluding carboxylic acids is 1. The van der Waals surface area contributed by atoms with Crippen molar-refractivity contribution >= 4 is 12.1 Å². The highest BCUT2D eigenvalue weighted by Crippen LogP contribution is 2.67. The van der Waals surface area contributed by atoms with Crippen molar-refractivity contribution in [2.75, 3.05) is 0 Å². The summed E-state index contributed by atoms with van der Waals surface area (Å²) in [7, 11) is 0. The Morgan fingerprint density at radius 3 is 1.81 bits per heavy atom. The van der Waals surface area contributed by atoms with Gasteiger partial charge in [0.25, 0.3) is 0 Å². The molecule has 1 fully saturated rings. The number of hydrogen-bond donors (Lipinski definition) is 2. The zero-order valence-corrected chi connectivity index (χ0v) is 14.5. The first-order chi connectivity index (χ1) is 9.13. The van der Waals surface area contributed by atoms with Crippen LogP contribution < -0.4 is 5.32 Å². The Balaban J connectivity index is 3.05. The third kappa shape index (κ3) is 3.50. The van der Waals surface area contributed by atoms with E-state index in [0.717, 1.165) is 0 Å². The summed E-state index contributed by atoms with van der Waals surface area (Å²) < 4.78 is 5.29. The fourth-order valence-electron chi connectivity index (χ4n) is 3.14. The molecule has 0 bridgehead atoms. The van der Waals surface area contributed by atoms with E-state index in [1.54, 1.807) is 20.8 Å². The minimum Gasteiger partial charge on any atom is -0.481 e. The van der Waals surface area contributed by atoms with Crippen LogP contribution in [0, 0.1) is 16.2 Å². The minimum absolute atomic E-state index is 0.341. The molecule has 1 aliphatic carbocycles. The number of ether oxygens (including phenoxy) is 1. The van der Waals surface area contributed by atoms with Gasteiger partial charge in [0.15, 0.2) is 0 Å². The van der Waals surface area contributed by atoms with Crippen LogP contribution in [0.5, 0.6) is 0 Å². The molecule has 0 aromatic rings. The molecule has 1 aliphatic rings. The van der Waals surface area contributed by atoms with Crippen LogP contribution in [0.2, 0.25) is 0 Å². The molecule has 122 valence electrons. The largest absolute Gasteiger partial charge is 0.481 e. The van der Waals surface area contributed by atoms with Crippen LogP contribution in [-0.2, 0) is 9.53 Å².